The number of hydrogen-bond donors (Lipinski definition) is 1. The Balaban J connectivity index is 2.37. The summed E-state index contributed by atoms with van der Waals surface area (Å²) < 4.78 is 6.28. The van der Waals surface area contributed by atoms with Crippen LogP contribution in [0.3, 0.4) is 0 Å². The highest BCUT2D eigenvalue weighted by atomic mass is 79.9. The fourth-order valence-electron chi connectivity index (χ4n) is 1.82. The van der Waals surface area contributed by atoms with Crippen LogP contribution in [-0.2, 0) is 4.74 Å². The normalized spacial score (nSPS) is 12.6. The Bertz CT molecular complexity index is 349. The van der Waals surface area contributed by atoms with Crippen molar-refractivity contribution in [3.05, 3.63) is 28.7 Å². The van der Waals surface area contributed by atoms with Gasteiger partial charge in [0.15, 0.2) is 0 Å². The van der Waals surface area contributed by atoms with E-state index < -0.39 is 0 Å². The summed E-state index contributed by atoms with van der Waals surface area (Å²) in [6, 6.07) is 9.07. The Hall–Kier alpha value is -0.0300. The Morgan fingerprint density at radius 2 is 2.26 bits per heavy atom. The van der Waals surface area contributed by atoms with Gasteiger partial charge in [-0.3, -0.25) is 0 Å². The highest BCUT2D eigenvalue weighted by molar-refractivity contribution is 9.10. The van der Waals surface area contributed by atoms with E-state index in [1.54, 1.807) is 7.11 Å². The predicted molar refractivity (Wildman–Crippen MR) is 88.1 cm³/mol. The van der Waals surface area contributed by atoms with Crippen LogP contribution in [0.1, 0.15) is 26.2 Å². The summed E-state index contributed by atoms with van der Waals surface area (Å²) in [6.07, 6.45) is 3.48. The molecule has 0 amide bonds. The van der Waals surface area contributed by atoms with Gasteiger partial charge >= 0.3 is 0 Å². The van der Waals surface area contributed by atoms with Crippen LogP contribution in [0.15, 0.2) is 33.6 Å². The highest BCUT2D eigenvalue weighted by Gasteiger charge is 2.08. The van der Waals surface area contributed by atoms with Crippen LogP contribution in [0.25, 0.3) is 0 Å². The molecule has 0 aliphatic carbocycles. The van der Waals surface area contributed by atoms with E-state index in [-0.39, 0.29) is 0 Å². The van der Waals surface area contributed by atoms with Crippen molar-refractivity contribution in [3.63, 3.8) is 0 Å². The molecule has 0 aliphatic heterocycles. The van der Waals surface area contributed by atoms with Crippen molar-refractivity contribution in [1.82, 2.24) is 5.32 Å². The second kappa shape index (κ2) is 10.7. The van der Waals surface area contributed by atoms with Crippen molar-refractivity contribution in [1.29, 1.82) is 0 Å². The molecule has 0 radical (unpaired) electrons. The van der Waals surface area contributed by atoms with Gasteiger partial charge < -0.3 is 10.1 Å². The maximum absolute atomic E-state index is 5.13. The summed E-state index contributed by atoms with van der Waals surface area (Å²) in [6.45, 7) is 4.16. The molecule has 1 atom stereocenters. The van der Waals surface area contributed by atoms with Gasteiger partial charge in [0.1, 0.15) is 0 Å². The van der Waals surface area contributed by atoms with E-state index in [4.69, 9.17) is 4.74 Å². The molecule has 0 aliphatic rings. The molecule has 1 rings (SSSR count). The quantitative estimate of drug-likeness (QED) is 0.503. The number of benzene rings is 1. The second-order valence-electron chi connectivity index (χ2n) is 4.55. The van der Waals surface area contributed by atoms with Crippen molar-refractivity contribution in [2.24, 2.45) is 0 Å². The Kier molecular flexibility index (Phi) is 9.61. The van der Waals surface area contributed by atoms with Crippen molar-refractivity contribution >= 4 is 27.7 Å². The van der Waals surface area contributed by atoms with Crippen LogP contribution >= 0.6 is 27.7 Å². The SMILES string of the molecule is CCCNC(CCCOC)CSc1cccc(Br)c1. The number of rotatable bonds is 10. The van der Waals surface area contributed by atoms with Crippen LogP contribution in [0.4, 0.5) is 0 Å². The number of ether oxygens (including phenoxy) is 1. The molecule has 0 heterocycles. The first kappa shape index (κ1) is 17.0. The summed E-state index contributed by atoms with van der Waals surface area (Å²) in [5.74, 6) is 1.11. The number of methoxy groups -OCH3 is 1. The van der Waals surface area contributed by atoms with Crippen molar-refractivity contribution in [2.45, 2.75) is 37.1 Å². The number of thioether (sulfide) groups is 1. The molecule has 4 heteroatoms. The second-order valence-corrected chi connectivity index (χ2v) is 6.56. The van der Waals surface area contributed by atoms with Gasteiger partial charge in [-0.1, -0.05) is 28.9 Å². The smallest absolute Gasteiger partial charge is 0.0462 e. The lowest BCUT2D eigenvalue weighted by atomic mass is 10.2. The highest BCUT2D eigenvalue weighted by Crippen LogP contribution is 2.23. The summed E-state index contributed by atoms with van der Waals surface area (Å²) in [5.41, 5.74) is 0. The Labute approximate surface area is 129 Å². The third kappa shape index (κ3) is 7.98. The van der Waals surface area contributed by atoms with Gasteiger partial charge in [-0.15, -0.1) is 11.8 Å². The van der Waals surface area contributed by atoms with Gasteiger partial charge in [0.2, 0.25) is 0 Å². The predicted octanol–water partition coefficient (Wildman–Crippen LogP) is 4.34. The van der Waals surface area contributed by atoms with Crippen molar-refractivity contribution in [2.75, 3.05) is 26.0 Å². The van der Waals surface area contributed by atoms with Crippen molar-refractivity contribution < 1.29 is 4.74 Å². The van der Waals surface area contributed by atoms with Crippen LogP contribution in [0.5, 0.6) is 0 Å². The van der Waals surface area contributed by atoms with E-state index in [2.05, 4.69) is 52.4 Å². The average Bonchev–Trinajstić information content (AvgIpc) is 2.41. The third-order valence-electron chi connectivity index (χ3n) is 2.83. The fraction of sp³-hybridized carbons (Fsp3) is 0.600. The van der Waals surface area contributed by atoms with E-state index in [0.29, 0.717) is 6.04 Å². The Morgan fingerprint density at radius 1 is 1.42 bits per heavy atom. The minimum atomic E-state index is 0.569. The molecule has 1 aromatic rings. The van der Waals surface area contributed by atoms with E-state index in [0.717, 1.165) is 29.8 Å². The largest absolute Gasteiger partial charge is 0.385 e. The molecule has 1 aromatic carbocycles. The van der Waals surface area contributed by atoms with E-state index in [1.807, 2.05) is 11.8 Å². The lowest BCUT2D eigenvalue weighted by Gasteiger charge is -2.18. The van der Waals surface area contributed by atoms with Crippen LogP contribution < -0.4 is 5.32 Å². The average molecular weight is 346 g/mol. The molecular weight excluding hydrogens is 322 g/mol. The van der Waals surface area contributed by atoms with E-state index in [9.17, 15) is 0 Å². The minimum Gasteiger partial charge on any atom is -0.385 e. The van der Waals surface area contributed by atoms with E-state index in [1.165, 1.54) is 17.7 Å². The molecular formula is C15H24BrNOS. The molecule has 0 bridgehead atoms. The lowest BCUT2D eigenvalue weighted by Crippen LogP contribution is -2.32. The fourth-order valence-corrected chi connectivity index (χ4v) is 3.43. The van der Waals surface area contributed by atoms with Gasteiger partial charge in [-0.2, -0.15) is 0 Å². The van der Waals surface area contributed by atoms with E-state index >= 15 is 0 Å². The molecule has 0 spiro atoms. The number of hydrogen-bond acceptors (Lipinski definition) is 3. The topological polar surface area (TPSA) is 21.3 Å². The molecule has 0 saturated heterocycles. The van der Waals surface area contributed by atoms with Gasteiger partial charge in [0.05, 0.1) is 0 Å². The molecule has 0 aromatic heterocycles. The minimum absolute atomic E-state index is 0.569. The zero-order chi connectivity index (χ0) is 13.9. The molecule has 0 saturated carbocycles. The number of halogens is 1. The zero-order valence-corrected chi connectivity index (χ0v) is 14.2. The molecule has 1 unspecified atom stereocenters. The third-order valence-corrected chi connectivity index (χ3v) is 4.48. The molecule has 0 fully saturated rings. The summed E-state index contributed by atoms with van der Waals surface area (Å²) in [7, 11) is 1.77. The standard InChI is InChI=1S/C15H24BrNOS/c1-3-9-17-14(7-5-10-18-2)12-19-15-8-4-6-13(16)11-15/h4,6,8,11,14,17H,3,5,7,9-10,12H2,1-2H3. The van der Waals surface area contributed by atoms with Gasteiger partial charge in [0.25, 0.3) is 0 Å². The monoisotopic (exact) mass is 345 g/mol. The first-order chi connectivity index (χ1) is 9.26. The maximum Gasteiger partial charge on any atom is 0.0462 e. The summed E-state index contributed by atoms with van der Waals surface area (Å²) in [5, 5.41) is 3.63. The van der Waals surface area contributed by atoms with Crippen LogP contribution in [-0.4, -0.2) is 32.1 Å². The zero-order valence-electron chi connectivity index (χ0n) is 11.8. The summed E-state index contributed by atoms with van der Waals surface area (Å²) >= 11 is 5.43. The number of nitrogens with one attached hydrogen (secondary N) is 1. The molecule has 2 nitrogen and oxygen atoms in total. The van der Waals surface area contributed by atoms with Gasteiger partial charge in [0, 0.05) is 34.9 Å². The van der Waals surface area contributed by atoms with Gasteiger partial charge in [-0.05, 0) is 44.0 Å². The van der Waals surface area contributed by atoms with Crippen LogP contribution in [0, 0.1) is 0 Å². The van der Waals surface area contributed by atoms with Crippen molar-refractivity contribution in [3.8, 4) is 0 Å². The molecule has 1 N–H and O–H groups in total. The lowest BCUT2D eigenvalue weighted by molar-refractivity contribution is 0.189. The van der Waals surface area contributed by atoms with Gasteiger partial charge in [-0.25, -0.2) is 0 Å². The molecule has 108 valence electrons. The first-order valence-electron chi connectivity index (χ1n) is 6.87. The molecule has 19 heavy (non-hydrogen) atoms. The first-order valence-corrected chi connectivity index (χ1v) is 8.64. The maximum atomic E-state index is 5.13. The summed E-state index contributed by atoms with van der Waals surface area (Å²) in [4.78, 5) is 1.32. The Morgan fingerprint density at radius 3 is 2.95 bits per heavy atom. The van der Waals surface area contributed by atoms with Crippen LogP contribution in [0.2, 0.25) is 0 Å².